The van der Waals surface area contributed by atoms with Gasteiger partial charge in [0, 0.05) is 0 Å². The number of fused-ring (bicyclic) bond motifs is 1. The van der Waals surface area contributed by atoms with E-state index in [1.54, 1.807) is 29.6 Å². The zero-order valence-electron chi connectivity index (χ0n) is 11.6. The number of amides is 3. The summed E-state index contributed by atoms with van der Waals surface area (Å²) >= 11 is 1.23. The first-order valence-corrected chi connectivity index (χ1v) is 7.46. The number of nitrogens with one attached hydrogen (secondary N) is 1. The molecule has 7 nitrogen and oxygen atoms in total. The monoisotopic (exact) mass is 330 g/mol. The first kappa shape index (κ1) is 14.9. The fraction of sp³-hybridized carbons (Fsp3) is 0.0667. The minimum Gasteiger partial charge on any atom is -0.340 e. The van der Waals surface area contributed by atoms with Crippen molar-refractivity contribution in [2.24, 2.45) is 0 Å². The highest BCUT2D eigenvalue weighted by atomic mass is 32.1. The Kier molecular flexibility index (Phi) is 3.90. The van der Waals surface area contributed by atoms with E-state index in [0.29, 0.717) is 9.94 Å². The number of nitrogens with zero attached hydrogens (tertiary/aromatic N) is 1. The Hall–Kier alpha value is -3.00. The lowest BCUT2D eigenvalue weighted by Gasteiger charge is -2.12. The lowest BCUT2D eigenvalue weighted by atomic mass is 10.1. The van der Waals surface area contributed by atoms with E-state index in [0.717, 1.165) is 0 Å². The molecule has 23 heavy (non-hydrogen) atoms. The number of hydrogen-bond donors (Lipinski definition) is 1. The third-order valence-corrected chi connectivity index (χ3v) is 3.96. The average molecular weight is 330 g/mol. The third-order valence-electron chi connectivity index (χ3n) is 3.09. The summed E-state index contributed by atoms with van der Waals surface area (Å²) in [6.07, 6.45) is 0. The van der Waals surface area contributed by atoms with Gasteiger partial charge in [0.05, 0.1) is 16.0 Å². The Bertz CT molecular complexity index is 765. The van der Waals surface area contributed by atoms with Gasteiger partial charge in [-0.05, 0) is 23.6 Å². The number of carbonyl (C=O) groups excluding carboxylic acids is 4. The van der Waals surface area contributed by atoms with Crippen LogP contribution >= 0.6 is 11.3 Å². The molecule has 2 heterocycles. The number of rotatable bonds is 4. The second-order valence-electron chi connectivity index (χ2n) is 4.57. The smallest absolute Gasteiger partial charge is 0.340 e. The number of carbonyl (C=O) groups is 4. The first-order chi connectivity index (χ1) is 11.1. The van der Waals surface area contributed by atoms with Gasteiger partial charge in [0.25, 0.3) is 17.7 Å². The summed E-state index contributed by atoms with van der Waals surface area (Å²) in [5.74, 6) is -2.75. The van der Waals surface area contributed by atoms with Crippen molar-refractivity contribution in [2.75, 3.05) is 6.54 Å². The summed E-state index contributed by atoms with van der Waals surface area (Å²) in [6.45, 7) is -0.454. The molecule has 116 valence electrons. The molecule has 8 heteroatoms. The van der Waals surface area contributed by atoms with Crippen molar-refractivity contribution < 1.29 is 24.0 Å². The van der Waals surface area contributed by atoms with Gasteiger partial charge in [-0.2, -0.15) is 0 Å². The average Bonchev–Trinajstić information content (AvgIpc) is 3.17. The quantitative estimate of drug-likeness (QED) is 0.851. The molecule has 0 atom stereocenters. The lowest BCUT2D eigenvalue weighted by Crippen LogP contribution is -2.37. The summed E-state index contributed by atoms with van der Waals surface area (Å²) in [4.78, 5) is 52.7. The van der Waals surface area contributed by atoms with E-state index >= 15 is 0 Å². The van der Waals surface area contributed by atoms with E-state index in [2.05, 4.69) is 5.32 Å². The number of hydroxylamine groups is 2. The highest BCUT2D eigenvalue weighted by molar-refractivity contribution is 7.12. The summed E-state index contributed by atoms with van der Waals surface area (Å²) in [5.41, 5.74) is 0.348. The van der Waals surface area contributed by atoms with Crippen LogP contribution < -0.4 is 5.32 Å². The summed E-state index contributed by atoms with van der Waals surface area (Å²) in [7, 11) is 0. The summed E-state index contributed by atoms with van der Waals surface area (Å²) < 4.78 is 0. The molecule has 2 aromatic rings. The van der Waals surface area contributed by atoms with Gasteiger partial charge in [-0.15, -0.1) is 11.3 Å². The summed E-state index contributed by atoms with van der Waals surface area (Å²) in [5, 5.41) is 4.49. The molecule has 0 spiro atoms. The molecule has 0 saturated carbocycles. The standard InChI is InChI=1S/C15H10N2O5S/c18-12(8-16-13(19)11-6-3-7-23-11)22-17-14(20)9-4-1-2-5-10(9)15(17)21/h1-7H,8H2,(H,16,19). The van der Waals surface area contributed by atoms with Gasteiger partial charge in [-0.1, -0.05) is 23.3 Å². The highest BCUT2D eigenvalue weighted by Crippen LogP contribution is 2.22. The Morgan fingerprint density at radius 1 is 1.04 bits per heavy atom. The minimum atomic E-state index is -0.913. The molecular weight excluding hydrogens is 320 g/mol. The van der Waals surface area contributed by atoms with Crippen LogP contribution in [0.15, 0.2) is 41.8 Å². The van der Waals surface area contributed by atoms with Crippen molar-refractivity contribution in [3.05, 3.63) is 57.8 Å². The van der Waals surface area contributed by atoms with Crippen molar-refractivity contribution in [1.82, 2.24) is 10.4 Å². The molecule has 0 saturated heterocycles. The van der Waals surface area contributed by atoms with Crippen LogP contribution in [0.1, 0.15) is 30.4 Å². The SMILES string of the molecule is O=C(CNC(=O)c1cccs1)ON1C(=O)c2ccccc2C1=O. The van der Waals surface area contributed by atoms with Crippen molar-refractivity contribution in [3.63, 3.8) is 0 Å². The van der Waals surface area contributed by atoms with Gasteiger partial charge < -0.3 is 10.2 Å². The van der Waals surface area contributed by atoms with E-state index < -0.39 is 30.2 Å². The fourth-order valence-corrected chi connectivity index (χ4v) is 2.67. The lowest BCUT2D eigenvalue weighted by molar-refractivity contribution is -0.167. The van der Waals surface area contributed by atoms with Crippen LogP contribution in [0.5, 0.6) is 0 Å². The third kappa shape index (κ3) is 2.84. The molecule has 0 aliphatic carbocycles. The molecule has 0 radical (unpaired) electrons. The molecule has 1 N–H and O–H groups in total. The molecule has 1 aliphatic heterocycles. The Labute approximate surface area is 134 Å². The predicted octanol–water partition coefficient (Wildman–Crippen LogP) is 1.23. The molecular formula is C15H10N2O5S. The Morgan fingerprint density at radius 3 is 2.26 bits per heavy atom. The molecule has 1 aromatic carbocycles. The van der Waals surface area contributed by atoms with Crippen LogP contribution in [0, 0.1) is 0 Å². The normalized spacial score (nSPS) is 13.0. The number of thiophene rings is 1. The van der Waals surface area contributed by atoms with E-state index in [4.69, 9.17) is 4.84 Å². The van der Waals surface area contributed by atoms with Crippen LogP contribution in [0.4, 0.5) is 0 Å². The van der Waals surface area contributed by atoms with Gasteiger partial charge in [-0.3, -0.25) is 14.4 Å². The van der Waals surface area contributed by atoms with Crippen molar-refractivity contribution in [2.45, 2.75) is 0 Å². The first-order valence-electron chi connectivity index (χ1n) is 6.58. The van der Waals surface area contributed by atoms with Crippen LogP contribution in [-0.4, -0.2) is 35.3 Å². The maximum absolute atomic E-state index is 12.0. The van der Waals surface area contributed by atoms with Crippen molar-refractivity contribution in [3.8, 4) is 0 Å². The number of hydrogen-bond acceptors (Lipinski definition) is 6. The topological polar surface area (TPSA) is 92.8 Å². The summed E-state index contributed by atoms with van der Waals surface area (Å²) in [6, 6.07) is 9.48. The van der Waals surface area contributed by atoms with Gasteiger partial charge in [0.1, 0.15) is 6.54 Å². The molecule has 1 aromatic heterocycles. The zero-order chi connectivity index (χ0) is 16.4. The minimum absolute atomic E-state index is 0.174. The van der Waals surface area contributed by atoms with Gasteiger partial charge in [0.15, 0.2) is 0 Å². The fourth-order valence-electron chi connectivity index (χ4n) is 2.03. The molecule has 0 fully saturated rings. The molecule has 0 bridgehead atoms. The van der Waals surface area contributed by atoms with E-state index in [9.17, 15) is 19.2 Å². The van der Waals surface area contributed by atoms with Crippen LogP contribution in [0.25, 0.3) is 0 Å². The van der Waals surface area contributed by atoms with Crippen LogP contribution in [0.2, 0.25) is 0 Å². The van der Waals surface area contributed by atoms with Crippen LogP contribution in [0.3, 0.4) is 0 Å². The number of benzene rings is 1. The predicted molar refractivity (Wildman–Crippen MR) is 79.7 cm³/mol. The largest absolute Gasteiger partial charge is 0.352 e. The Morgan fingerprint density at radius 2 is 1.70 bits per heavy atom. The van der Waals surface area contributed by atoms with Gasteiger partial charge in [0.2, 0.25) is 0 Å². The highest BCUT2D eigenvalue weighted by Gasteiger charge is 2.38. The van der Waals surface area contributed by atoms with E-state index in [-0.39, 0.29) is 11.1 Å². The van der Waals surface area contributed by atoms with Crippen molar-refractivity contribution in [1.29, 1.82) is 0 Å². The molecule has 1 aliphatic rings. The van der Waals surface area contributed by atoms with Gasteiger partial charge in [-0.25, -0.2) is 4.79 Å². The van der Waals surface area contributed by atoms with Crippen molar-refractivity contribution >= 4 is 35.0 Å². The Balaban J connectivity index is 1.60. The molecule has 3 rings (SSSR count). The number of imide groups is 1. The molecule has 0 unspecified atom stereocenters. The second kappa shape index (κ2) is 6.01. The maximum Gasteiger partial charge on any atom is 0.352 e. The maximum atomic E-state index is 12.0. The molecule has 3 amide bonds. The van der Waals surface area contributed by atoms with Crippen LogP contribution in [-0.2, 0) is 9.63 Å². The second-order valence-corrected chi connectivity index (χ2v) is 5.52. The van der Waals surface area contributed by atoms with E-state index in [1.165, 1.54) is 23.5 Å². The van der Waals surface area contributed by atoms with E-state index in [1.807, 2.05) is 0 Å². The zero-order valence-corrected chi connectivity index (χ0v) is 12.5. The van der Waals surface area contributed by atoms with Gasteiger partial charge >= 0.3 is 5.97 Å².